The van der Waals surface area contributed by atoms with Crippen molar-refractivity contribution in [2.24, 2.45) is 0 Å². The average Bonchev–Trinajstić information content (AvgIpc) is 3.20. The first-order chi connectivity index (χ1) is 19.1. The molecule has 0 bridgehead atoms. The highest BCUT2D eigenvalue weighted by Crippen LogP contribution is 2.41. The molecule has 0 aliphatic carbocycles. The number of hydrogen-bond acceptors (Lipinski definition) is 7. The number of aliphatic hydroxyl groups is 1. The smallest absolute Gasteiger partial charge is 0.338 e. The van der Waals surface area contributed by atoms with E-state index in [0.717, 1.165) is 12.0 Å². The zero-order chi connectivity index (χ0) is 29.0. The van der Waals surface area contributed by atoms with Gasteiger partial charge in [-0.2, -0.15) is 0 Å². The Morgan fingerprint density at radius 3 is 2.35 bits per heavy atom. The van der Waals surface area contributed by atoms with Crippen LogP contribution in [0.1, 0.15) is 72.8 Å². The van der Waals surface area contributed by atoms with Gasteiger partial charge in [0.05, 0.1) is 30.9 Å². The molecule has 0 radical (unpaired) electrons. The first kappa shape index (κ1) is 28.5. The van der Waals surface area contributed by atoms with Crippen molar-refractivity contribution in [2.45, 2.75) is 52.1 Å². The Morgan fingerprint density at radius 1 is 1.05 bits per heavy atom. The van der Waals surface area contributed by atoms with Crippen molar-refractivity contribution < 1.29 is 29.0 Å². The Kier molecular flexibility index (Phi) is 8.38. The number of amides is 1. The van der Waals surface area contributed by atoms with Crippen molar-refractivity contribution in [1.29, 1.82) is 0 Å². The summed E-state index contributed by atoms with van der Waals surface area (Å²) in [6.45, 7) is 8.42. The second kappa shape index (κ2) is 11.7. The normalized spacial score (nSPS) is 16.7. The quantitative estimate of drug-likeness (QED) is 0.172. The third kappa shape index (κ3) is 5.76. The lowest BCUT2D eigenvalue weighted by Gasteiger charge is -2.26. The molecule has 1 aliphatic heterocycles. The molecule has 8 heteroatoms. The number of pyridine rings is 1. The maximum Gasteiger partial charge on any atom is 0.338 e. The van der Waals surface area contributed by atoms with Crippen molar-refractivity contribution >= 4 is 23.4 Å². The summed E-state index contributed by atoms with van der Waals surface area (Å²) >= 11 is 0. The molecule has 1 N–H and O–H groups in total. The minimum atomic E-state index is -0.858. The Balaban J connectivity index is 1.76. The van der Waals surface area contributed by atoms with Crippen LogP contribution in [0.4, 0.5) is 0 Å². The molecule has 4 rings (SSSR count). The lowest BCUT2D eigenvalue weighted by molar-refractivity contribution is -0.140. The third-order valence-corrected chi connectivity index (χ3v) is 6.80. The fourth-order valence-electron chi connectivity index (χ4n) is 4.75. The standard InChI is InChI=1S/C32H34N2O6/c1-6-16-40-31(38)21-11-9-20(10-12-21)19-34-27(23-8-7-15-33-18-23)26(29(36)30(34)37)28(35)22-13-14-25(39-5)24(17-22)32(2,3)4/h7-15,17-18,27,35H,6,16,19H2,1-5H3/b28-26-. The Morgan fingerprint density at radius 2 is 1.75 bits per heavy atom. The van der Waals surface area contributed by atoms with E-state index in [1.54, 1.807) is 74.1 Å². The van der Waals surface area contributed by atoms with Crippen LogP contribution in [0.5, 0.6) is 5.75 Å². The van der Waals surface area contributed by atoms with E-state index in [0.29, 0.717) is 34.6 Å². The number of esters is 1. The molecule has 0 spiro atoms. The van der Waals surface area contributed by atoms with Gasteiger partial charge in [0.2, 0.25) is 0 Å². The second-order valence-corrected chi connectivity index (χ2v) is 10.7. The number of ketones is 1. The zero-order valence-electron chi connectivity index (χ0n) is 23.4. The van der Waals surface area contributed by atoms with Gasteiger partial charge in [-0.05, 0) is 59.4 Å². The molecule has 208 valence electrons. The number of carbonyl (C=O) groups excluding carboxylic acids is 3. The first-order valence-corrected chi connectivity index (χ1v) is 13.2. The van der Waals surface area contributed by atoms with Crippen LogP contribution in [0.25, 0.3) is 5.76 Å². The number of methoxy groups -OCH3 is 1. The van der Waals surface area contributed by atoms with E-state index < -0.39 is 23.7 Å². The number of Topliss-reactive ketones (excluding diaryl/α,β-unsaturated/α-hetero) is 1. The van der Waals surface area contributed by atoms with Gasteiger partial charge in [-0.15, -0.1) is 0 Å². The molecular formula is C32H34N2O6. The van der Waals surface area contributed by atoms with Gasteiger partial charge in [0, 0.05) is 30.1 Å². The molecule has 1 aliphatic rings. The monoisotopic (exact) mass is 542 g/mol. The number of rotatable bonds is 8. The van der Waals surface area contributed by atoms with Crippen molar-refractivity contribution in [3.8, 4) is 5.75 Å². The minimum absolute atomic E-state index is 0.0113. The summed E-state index contributed by atoms with van der Waals surface area (Å²) in [4.78, 5) is 44.6. The van der Waals surface area contributed by atoms with Gasteiger partial charge in [0.1, 0.15) is 11.5 Å². The lowest BCUT2D eigenvalue weighted by atomic mass is 9.84. The van der Waals surface area contributed by atoms with Crippen molar-refractivity contribution in [2.75, 3.05) is 13.7 Å². The fraction of sp³-hybridized carbons (Fsp3) is 0.312. The van der Waals surface area contributed by atoms with Crippen LogP contribution in [0.3, 0.4) is 0 Å². The number of ether oxygens (including phenoxy) is 2. The van der Waals surface area contributed by atoms with Crippen LogP contribution in [-0.4, -0.2) is 46.4 Å². The predicted octanol–water partition coefficient (Wildman–Crippen LogP) is 5.58. The number of likely N-dealkylation sites (tertiary alicyclic amines) is 1. The fourth-order valence-corrected chi connectivity index (χ4v) is 4.75. The topological polar surface area (TPSA) is 106 Å². The van der Waals surface area contributed by atoms with Gasteiger partial charge in [-0.3, -0.25) is 14.6 Å². The van der Waals surface area contributed by atoms with Crippen LogP contribution < -0.4 is 4.74 Å². The molecule has 1 unspecified atom stereocenters. The van der Waals surface area contributed by atoms with E-state index in [2.05, 4.69) is 4.98 Å². The minimum Gasteiger partial charge on any atom is -0.507 e. The molecule has 1 fully saturated rings. The molecule has 2 heterocycles. The summed E-state index contributed by atoms with van der Waals surface area (Å²) in [7, 11) is 1.58. The van der Waals surface area contributed by atoms with Crippen LogP contribution in [-0.2, 0) is 26.3 Å². The summed E-state index contributed by atoms with van der Waals surface area (Å²) < 4.78 is 10.7. The molecule has 1 amide bonds. The highest BCUT2D eigenvalue weighted by atomic mass is 16.5. The van der Waals surface area contributed by atoms with Gasteiger partial charge in [0.25, 0.3) is 11.7 Å². The van der Waals surface area contributed by atoms with Crippen molar-refractivity contribution in [3.05, 3.63) is 100 Å². The van der Waals surface area contributed by atoms with E-state index in [-0.39, 0.29) is 23.3 Å². The van der Waals surface area contributed by atoms with Crippen molar-refractivity contribution in [1.82, 2.24) is 9.88 Å². The number of hydrogen-bond donors (Lipinski definition) is 1. The molecule has 40 heavy (non-hydrogen) atoms. The van der Waals surface area contributed by atoms with Gasteiger partial charge in [-0.25, -0.2) is 4.79 Å². The maximum absolute atomic E-state index is 13.4. The molecule has 1 atom stereocenters. The van der Waals surface area contributed by atoms with E-state index in [4.69, 9.17) is 9.47 Å². The summed E-state index contributed by atoms with van der Waals surface area (Å²) in [6.07, 6.45) is 3.91. The Hall–Kier alpha value is -4.46. The van der Waals surface area contributed by atoms with Crippen LogP contribution >= 0.6 is 0 Å². The molecule has 2 aromatic carbocycles. The van der Waals surface area contributed by atoms with Gasteiger partial charge < -0.3 is 19.5 Å². The van der Waals surface area contributed by atoms with E-state index in [1.807, 2.05) is 27.7 Å². The van der Waals surface area contributed by atoms with E-state index in [1.165, 1.54) is 4.90 Å². The summed E-state index contributed by atoms with van der Waals surface area (Å²) in [6, 6.07) is 14.6. The SMILES string of the molecule is CCCOC(=O)c1ccc(CN2C(=O)C(=O)/C(=C(\O)c3ccc(OC)c(C(C)(C)C)c3)C2c2cccnc2)cc1. The van der Waals surface area contributed by atoms with Crippen LogP contribution in [0.2, 0.25) is 0 Å². The second-order valence-electron chi connectivity index (χ2n) is 10.7. The summed E-state index contributed by atoms with van der Waals surface area (Å²) in [5.41, 5.74) is 2.65. The molecule has 1 aromatic heterocycles. The lowest BCUT2D eigenvalue weighted by Crippen LogP contribution is -2.29. The maximum atomic E-state index is 13.4. The number of benzene rings is 2. The Labute approximate surface area is 234 Å². The van der Waals surface area contributed by atoms with Gasteiger partial charge >= 0.3 is 5.97 Å². The number of aliphatic hydroxyl groups excluding tert-OH is 1. The first-order valence-electron chi connectivity index (χ1n) is 13.2. The summed E-state index contributed by atoms with van der Waals surface area (Å²) in [5.74, 6) is -1.53. The molecule has 1 saturated heterocycles. The largest absolute Gasteiger partial charge is 0.507 e. The van der Waals surface area contributed by atoms with E-state index >= 15 is 0 Å². The van der Waals surface area contributed by atoms with E-state index in [9.17, 15) is 19.5 Å². The Bertz CT molecular complexity index is 1440. The number of carbonyl (C=O) groups is 3. The molecule has 3 aromatic rings. The number of aromatic nitrogens is 1. The zero-order valence-corrected chi connectivity index (χ0v) is 23.4. The molecule has 8 nitrogen and oxygen atoms in total. The molecule has 0 saturated carbocycles. The third-order valence-electron chi connectivity index (χ3n) is 6.80. The van der Waals surface area contributed by atoms with Crippen LogP contribution in [0.15, 0.2) is 72.6 Å². The van der Waals surface area contributed by atoms with Gasteiger partial charge in [-0.1, -0.05) is 45.9 Å². The predicted molar refractivity (Wildman–Crippen MR) is 151 cm³/mol. The van der Waals surface area contributed by atoms with Crippen LogP contribution in [0, 0.1) is 0 Å². The van der Waals surface area contributed by atoms with Crippen molar-refractivity contribution in [3.63, 3.8) is 0 Å². The van der Waals surface area contributed by atoms with Gasteiger partial charge in [0.15, 0.2) is 0 Å². The highest BCUT2D eigenvalue weighted by Gasteiger charge is 2.46. The highest BCUT2D eigenvalue weighted by molar-refractivity contribution is 6.46. The summed E-state index contributed by atoms with van der Waals surface area (Å²) in [5, 5.41) is 11.5. The average molecular weight is 543 g/mol. The number of nitrogens with zero attached hydrogens (tertiary/aromatic N) is 2. The molecular weight excluding hydrogens is 508 g/mol.